The van der Waals surface area contributed by atoms with Crippen LogP contribution in [0.5, 0.6) is 5.75 Å². The lowest BCUT2D eigenvalue weighted by atomic mass is 10.2. The maximum Gasteiger partial charge on any atom is 0.269 e. The summed E-state index contributed by atoms with van der Waals surface area (Å²) in [7, 11) is 1.62. The monoisotopic (exact) mass is 390 g/mol. The molecular formula is C18H15ClN2O2S2. The van der Waals surface area contributed by atoms with Crippen LogP contribution in [0.25, 0.3) is 10.1 Å². The van der Waals surface area contributed by atoms with E-state index in [4.69, 9.17) is 28.6 Å². The first kappa shape index (κ1) is 17.7. The standard InChI is InChI=1S/C18H15ClN2O2S2/c1-23-12-8-6-11(7-9-12)10-20-18(24)21-17(22)16-15(19)13-4-2-3-5-14(13)25-16/h2-9H,10H2,1H3,(H2,20,21,22,24). The van der Waals surface area contributed by atoms with Gasteiger partial charge in [-0.1, -0.05) is 41.9 Å². The van der Waals surface area contributed by atoms with E-state index < -0.39 is 0 Å². The lowest BCUT2D eigenvalue weighted by Gasteiger charge is -2.09. The Hall–Kier alpha value is -2.15. The van der Waals surface area contributed by atoms with Crippen molar-refractivity contribution in [3.05, 3.63) is 64.0 Å². The minimum Gasteiger partial charge on any atom is -0.497 e. The van der Waals surface area contributed by atoms with E-state index in [9.17, 15) is 4.79 Å². The molecule has 1 aromatic heterocycles. The van der Waals surface area contributed by atoms with E-state index in [1.807, 2.05) is 48.5 Å². The Balaban J connectivity index is 1.61. The van der Waals surface area contributed by atoms with Crippen molar-refractivity contribution in [2.75, 3.05) is 7.11 Å². The zero-order valence-electron chi connectivity index (χ0n) is 13.3. The smallest absolute Gasteiger partial charge is 0.269 e. The first-order valence-electron chi connectivity index (χ1n) is 7.47. The fraction of sp³-hybridized carbons (Fsp3) is 0.111. The van der Waals surface area contributed by atoms with Crippen molar-refractivity contribution >= 4 is 56.3 Å². The van der Waals surface area contributed by atoms with Gasteiger partial charge in [-0.25, -0.2) is 0 Å². The Morgan fingerprint density at radius 2 is 1.92 bits per heavy atom. The molecule has 0 radical (unpaired) electrons. The van der Waals surface area contributed by atoms with Gasteiger partial charge in [0.15, 0.2) is 5.11 Å². The van der Waals surface area contributed by atoms with Crippen LogP contribution in [0, 0.1) is 0 Å². The van der Waals surface area contributed by atoms with E-state index in [2.05, 4.69) is 10.6 Å². The second kappa shape index (κ2) is 7.82. The highest BCUT2D eigenvalue weighted by Crippen LogP contribution is 2.34. The molecule has 0 atom stereocenters. The fourth-order valence-corrected chi connectivity index (χ4v) is 3.87. The lowest BCUT2D eigenvalue weighted by Crippen LogP contribution is -2.38. The van der Waals surface area contributed by atoms with Crippen LogP contribution < -0.4 is 15.4 Å². The summed E-state index contributed by atoms with van der Waals surface area (Å²) in [6, 6.07) is 15.2. The van der Waals surface area contributed by atoms with Crippen LogP contribution in [-0.2, 0) is 6.54 Å². The molecule has 7 heteroatoms. The van der Waals surface area contributed by atoms with E-state index in [0.717, 1.165) is 21.4 Å². The third kappa shape index (κ3) is 4.10. The Morgan fingerprint density at radius 3 is 2.60 bits per heavy atom. The van der Waals surface area contributed by atoms with Crippen LogP contribution in [0.2, 0.25) is 5.02 Å². The highest BCUT2D eigenvalue weighted by Gasteiger charge is 2.17. The molecule has 0 aliphatic carbocycles. The van der Waals surface area contributed by atoms with E-state index in [1.165, 1.54) is 11.3 Å². The molecule has 0 saturated carbocycles. The average molecular weight is 391 g/mol. The molecule has 2 N–H and O–H groups in total. The van der Waals surface area contributed by atoms with E-state index in [1.54, 1.807) is 7.11 Å². The Labute approximate surface area is 159 Å². The van der Waals surface area contributed by atoms with Crippen LogP contribution in [0.3, 0.4) is 0 Å². The van der Waals surface area contributed by atoms with E-state index in [0.29, 0.717) is 16.4 Å². The lowest BCUT2D eigenvalue weighted by molar-refractivity contribution is 0.0981. The number of carbonyl (C=O) groups excluding carboxylic acids is 1. The van der Waals surface area contributed by atoms with Crippen LogP contribution in [0.4, 0.5) is 0 Å². The van der Waals surface area contributed by atoms with Gasteiger partial charge in [0, 0.05) is 16.6 Å². The van der Waals surface area contributed by atoms with Gasteiger partial charge in [-0.15, -0.1) is 11.3 Å². The molecule has 3 aromatic rings. The summed E-state index contributed by atoms with van der Waals surface area (Å²) >= 11 is 12.9. The van der Waals surface area contributed by atoms with Crippen molar-refractivity contribution < 1.29 is 9.53 Å². The zero-order chi connectivity index (χ0) is 17.8. The number of carbonyl (C=O) groups is 1. The van der Waals surface area contributed by atoms with Gasteiger partial charge in [0.05, 0.1) is 12.1 Å². The molecule has 0 aliphatic rings. The van der Waals surface area contributed by atoms with Crippen molar-refractivity contribution in [1.29, 1.82) is 0 Å². The third-order valence-electron chi connectivity index (χ3n) is 3.58. The van der Waals surface area contributed by atoms with Crippen LogP contribution in [-0.4, -0.2) is 18.1 Å². The molecule has 0 spiro atoms. The van der Waals surface area contributed by atoms with E-state index in [-0.39, 0.29) is 11.0 Å². The Kier molecular flexibility index (Phi) is 5.53. The van der Waals surface area contributed by atoms with Crippen molar-refractivity contribution in [2.45, 2.75) is 6.54 Å². The van der Waals surface area contributed by atoms with Gasteiger partial charge in [0.2, 0.25) is 0 Å². The summed E-state index contributed by atoms with van der Waals surface area (Å²) in [6.45, 7) is 0.503. The van der Waals surface area contributed by atoms with Gasteiger partial charge in [-0.2, -0.15) is 0 Å². The molecule has 4 nitrogen and oxygen atoms in total. The number of fused-ring (bicyclic) bond motifs is 1. The van der Waals surface area contributed by atoms with Gasteiger partial charge in [0.1, 0.15) is 10.6 Å². The van der Waals surface area contributed by atoms with E-state index >= 15 is 0 Å². The van der Waals surface area contributed by atoms with Crippen molar-refractivity contribution in [3.63, 3.8) is 0 Å². The molecule has 25 heavy (non-hydrogen) atoms. The summed E-state index contributed by atoms with van der Waals surface area (Å²) in [4.78, 5) is 12.9. The molecule has 128 valence electrons. The van der Waals surface area contributed by atoms with Crippen LogP contribution in [0.1, 0.15) is 15.2 Å². The normalized spacial score (nSPS) is 10.5. The molecule has 0 aliphatic heterocycles. The number of halogens is 1. The first-order chi connectivity index (χ1) is 12.1. The summed E-state index contributed by atoms with van der Waals surface area (Å²) in [5.74, 6) is 0.484. The molecule has 1 heterocycles. The predicted octanol–water partition coefficient (Wildman–Crippen LogP) is 4.37. The number of hydrogen-bond donors (Lipinski definition) is 2. The molecule has 1 amide bonds. The summed E-state index contributed by atoms with van der Waals surface area (Å²) in [5, 5.41) is 7.27. The van der Waals surface area contributed by atoms with Gasteiger partial charge in [-0.05, 0) is 36.0 Å². The van der Waals surface area contributed by atoms with Gasteiger partial charge < -0.3 is 10.1 Å². The molecule has 0 unspecified atom stereocenters. The highest BCUT2D eigenvalue weighted by molar-refractivity contribution is 7.80. The van der Waals surface area contributed by atoms with Crippen molar-refractivity contribution in [1.82, 2.24) is 10.6 Å². The summed E-state index contributed by atoms with van der Waals surface area (Å²) in [5.41, 5.74) is 1.03. The van der Waals surface area contributed by atoms with Crippen molar-refractivity contribution in [2.24, 2.45) is 0 Å². The third-order valence-corrected chi connectivity index (χ3v) is 5.50. The number of rotatable bonds is 4. The topological polar surface area (TPSA) is 50.4 Å². The first-order valence-corrected chi connectivity index (χ1v) is 9.08. The second-order valence-corrected chi connectivity index (χ2v) is 7.06. The molecular weight excluding hydrogens is 376 g/mol. The van der Waals surface area contributed by atoms with Crippen LogP contribution >= 0.6 is 35.2 Å². The number of thiocarbonyl (C=S) groups is 1. The summed E-state index contributed by atoms with van der Waals surface area (Å²) < 4.78 is 6.09. The van der Waals surface area contributed by atoms with Crippen LogP contribution in [0.15, 0.2) is 48.5 Å². The van der Waals surface area contributed by atoms with Gasteiger partial charge in [0.25, 0.3) is 5.91 Å². The summed E-state index contributed by atoms with van der Waals surface area (Å²) in [6.07, 6.45) is 0. The number of nitrogens with one attached hydrogen (secondary N) is 2. The maximum atomic E-state index is 12.4. The quantitative estimate of drug-likeness (QED) is 0.649. The molecule has 0 saturated heterocycles. The number of hydrogen-bond acceptors (Lipinski definition) is 4. The minimum absolute atomic E-state index is 0.259. The van der Waals surface area contributed by atoms with Gasteiger partial charge >= 0.3 is 0 Å². The molecule has 0 fully saturated rings. The number of benzene rings is 2. The fourth-order valence-electron chi connectivity index (χ4n) is 2.29. The number of amides is 1. The zero-order valence-corrected chi connectivity index (χ0v) is 15.7. The maximum absolute atomic E-state index is 12.4. The minimum atomic E-state index is -0.307. The number of thiophene rings is 1. The largest absolute Gasteiger partial charge is 0.497 e. The highest BCUT2D eigenvalue weighted by atomic mass is 35.5. The SMILES string of the molecule is COc1ccc(CNC(=S)NC(=O)c2sc3ccccc3c2Cl)cc1. The second-order valence-electron chi connectivity index (χ2n) is 5.23. The Morgan fingerprint density at radius 1 is 1.20 bits per heavy atom. The number of ether oxygens (including phenoxy) is 1. The average Bonchev–Trinajstić information content (AvgIpc) is 2.98. The predicted molar refractivity (Wildman–Crippen MR) is 107 cm³/mol. The molecule has 0 bridgehead atoms. The number of methoxy groups -OCH3 is 1. The molecule has 3 rings (SSSR count). The van der Waals surface area contributed by atoms with Gasteiger partial charge in [-0.3, -0.25) is 10.1 Å². The molecule has 2 aromatic carbocycles. The Bertz CT molecular complexity index is 922. The van der Waals surface area contributed by atoms with Crippen molar-refractivity contribution in [3.8, 4) is 5.75 Å².